The topological polar surface area (TPSA) is 66.2 Å². The van der Waals surface area contributed by atoms with Crippen LogP contribution in [0.25, 0.3) is 5.69 Å². The van der Waals surface area contributed by atoms with Crippen LogP contribution in [0.4, 0.5) is 19.0 Å². The summed E-state index contributed by atoms with van der Waals surface area (Å²) < 4.78 is 40.6. The van der Waals surface area contributed by atoms with Gasteiger partial charge >= 0.3 is 6.18 Å². The number of benzene rings is 1. The molecular formula is C24H26ClF3N8. The highest BCUT2D eigenvalue weighted by Crippen LogP contribution is 2.35. The van der Waals surface area contributed by atoms with E-state index >= 15 is 0 Å². The fraction of sp³-hybridized carbons (Fsp3) is 0.500. The van der Waals surface area contributed by atoms with E-state index in [1.54, 1.807) is 18.6 Å². The van der Waals surface area contributed by atoms with E-state index in [0.29, 0.717) is 31.2 Å². The second kappa shape index (κ2) is 9.28. The van der Waals surface area contributed by atoms with Crippen LogP contribution in [0.15, 0.2) is 36.8 Å². The molecule has 2 fully saturated rings. The van der Waals surface area contributed by atoms with E-state index in [4.69, 9.17) is 11.6 Å². The normalized spacial score (nSPS) is 20.1. The third-order valence-corrected chi connectivity index (χ3v) is 7.58. The van der Waals surface area contributed by atoms with Gasteiger partial charge in [0.2, 0.25) is 0 Å². The van der Waals surface area contributed by atoms with Gasteiger partial charge in [-0.05, 0) is 36.6 Å². The zero-order valence-electron chi connectivity index (χ0n) is 19.6. The van der Waals surface area contributed by atoms with Crippen LogP contribution in [0.1, 0.15) is 36.0 Å². The molecule has 0 unspecified atom stereocenters. The molecular weight excluding hydrogens is 493 g/mol. The van der Waals surface area contributed by atoms with Gasteiger partial charge < -0.3 is 4.90 Å². The lowest BCUT2D eigenvalue weighted by atomic mass is 9.95. The quantitative estimate of drug-likeness (QED) is 0.522. The molecule has 3 aromatic rings. The predicted octanol–water partition coefficient (Wildman–Crippen LogP) is 3.66. The first-order valence-corrected chi connectivity index (χ1v) is 12.5. The Bertz CT molecular complexity index is 1220. The molecule has 0 saturated carbocycles. The Labute approximate surface area is 211 Å². The largest absolute Gasteiger partial charge is 0.401 e. The lowest BCUT2D eigenvalue weighted by molar-refractivity contribution is -0.161. The lowest BCUT2D eigenvalue weighted by Crippen LogP contribution is -2.60. The highest BCUT2D eigenvalue weighted by Gasteiger charge is 2.40. The van der Waals surface area contributed by atoms with Crippen LogP contribution in [0, 0.1) is 0 Å². The Morgan fingerprint density at radius 2 is 1.83 bits per heavy atom. The standard InChI is InChI=1S/C24H26ClF3N8/c25-18-1-2-20-17(9-18)11-35(19-12-33(13-19)15-24(26,27)28)14-22-31-32-23(36(20)22)16-3-7-34(8-4-16)21-10-29-5-6-30-21/h1-2,5-6,9-10,16,19H,3-4,7-8,11-15H2. The molecule has 0 radical (unpaired) electrons. The average Bonchev–Trinajstić information content (AvgIpc) is 3.17. The highest BCUT2D eigenvalue weighted by molar-refractivity contribution is 6.30. The van der Waals surface area contributed by atoms with Crippen LogP contribution in [-0.4, -0.2) is 79.5 Å². The van der Waals surface area contributed by atoms with Crippen LogP contribution in [0.5, 0.6) is 0 Å². The summed E-state index contributed by atoms with van der Waals surface area (Å²) in [7, 11) is 0. The molecule has 5 heterocycles. The van der Waals surface area contributed by atoms with Gasteiger partial charge in [-0.2, -0.15) is 13.2 Å². The van der Waals surface area contributed by atoms with E-state index in [9.17, 15) is 13.2 Å². The zero-order valence-corrected chi connectivity index (χ0v) is 20.3. The Kier molecular flexibility index (Phi) is 6.09. The number of likely N-dealkylation sites (tertiary alicyclic amines) is 1. The van der Waals surface area contributed by atoms with Gasteiger partial charge in [-0.25, -0.2) is 4.98 Å². The SMILES string of the molecule is FC(F)(F)CN1CC(N2Cc3cc(Cl)ccc3-n3c(nnc3C3CCN(c4cnccn4)CC3)C2)C1. The summed E-state index contributed by atoms with van der Waals surface area (Å²) in [6.45, 7) is 2.74. The molecule has 1 aromatic carbocycles. The maximum atomic E-state index is 12.8. The van der Waals surface area contributed by atoms with Crippen LogP contribution < -0.4 is 4.90 Å². The minimum atomic E-state index is -4.18. The summed E-state index contributed by atoms with van der Waals surface area (Å²) in [5.41, 5.74) is 2.04. The molecule has 0 spiro atoms. The Hall–Kier alpha value is -2.76. The molecule has 190 valence electrons. The van der Waals surface area contributed by atoms with E-state index in [2.05, 4.69) is 34.5 Å². The van der Waals surface area contributed by atoms with Gasteiger partial charge in [0, 0.05) is 62.1 Å². The fourth-order valence-electron chi connectivity index (χ4n) is 5.55. The van der Waals surface area contributed by atoms with Crippen molar-refractivity contribution >= 4 is 17.4 Å². The number of alkyl halides is 3. The van der Waals surface area contributed by atoms with Gasteiger partial charge in [-0.1, -0.05) is 11.6 Å². The number of halogens is 4. The molecule has 0 N–H and O–H groups in total. The minimum absolute atomic E-state index is 0.0288. The van der Waals surface area contributed by atoms with Gasteiger partial charge in [0.05, 0.1) is 25.0 Å². The molecule has 0 amide bonds. The first-order valence-electron chi connectivity index (χ1n) is 12.1. The summed E-state index contributed by atoms with van der Waals surface area (Å²) in [6.07, 6.45) is 2.81. The van der Waals surface area contributed by atoms with Gasteiger partial charge in [0.15, 0.2) is 5.82 Å². The molecule has 3 aliphatic rings. The Morgan fingerprint density at radius 1 is 1.03 bits per heavy atom. The molecule has 36 heavy (non-hydrogen) atoms. The molecule has 0 bridgehead atoms. The average molecular weight is 519 g/mol. The van der Waals surface area contributed by atoms with Gasteiger partial charge in [-0.3, -0.25) is 19.4 Å². The van der Waals surface area contributed by atoms with Crippen molar-refractivity contribution in [3.05, 3.63) is 59.0 Å². The molecule has 6 rings (SSSR count). The zero-order chi connectivity index (χ0) is 24.9. The van der Waals surface area contributed by atoms with Crippen molar-refractivity contribution in [2.24, 2.45) is 0 Å². The first kappa shape index (κ1) is 23.6. The second-order valence-electron chi connectivity index (χ2n) is 9.78. The maximum absolute atomic E-state index is 12.8. The van der Waals surface area contributed by atoms with E-state index in [1.165, 1.54) is 4.90 Å². The van der Waals surface area contributed by atoms with Crippen LogP contribution in [-0.2, 0) is 13.1 Å². The fourth-order valence-corrected chi connectivity index (χ4v) is 5.75. The summed E-state index contributed by atoms with van der Waals surface area (Å²) >= 11 is 6.36. The predicted molar refractivity (Wildman–Crippen MR) is 128 cm³/mol. The van der Waals surface area contributed by atoms with Gasteiger partial charge in [0.1, 0.15) is 11.6 Å². The number of fused-ring (bicyclic) bond motifs is 3. The van der Waals surface area contributed by atoms with E-state index in [-0.39, 0.29) is 12.0 Å². The lowest BCUT2D eigenvalue weighted by Gasteiger charge is -2.45. The monoisotopic (exact) mass is 518 g/mol. The van der Waals surface area contributed by atoms with Gasteiger partial charge in [0.25, 0.3) is 0 Å². The summed E-state index contributed by atoms with van der Waals surface area (Å²) in [5, 5.41) is 9.84. The van der Waals surface area contributed by atoms with E-state index in [1.807, 2.05) is 18.2 Å². The van der Waals surface area contributed by atoms with Crippen molar-refractivity contribution < 1.29 is 13.2 Å². The van der Waals surface area contributed by atoms with Gasteiger partial charge in [-0.15, -0.1) is 10.2 Å². The summed E-state index contributed by atoms with van der Waals surface area (Å²) in [5.74, 6) is 2.87. The van der Waals surface area contributed by atoms with Crippen molar-refractivity contribution in [3.63, 3.8) is 0 Å². The second-order valence-corrected chi connectivity index (χ2v) is 10.2. The molecule has 0 atom stereocenters. The van der Waals surface area contributed by atoms with Crippen LogP contribution in [0.3, 0.4) is 0 Å². The van der Waals surface area contributed by atoms with Crippen molar-refractivity contribution in [2.75, 3.05) is 37.6 Å². The smallest absolute Gasteiger partial charge is 0.355 e. The Morgan fingerprint density at radius 3 is 2.56 bits per heavy atom. The van der Waals surface area contributed by atoms with E-state index < -0.39 is 12.7 Å². The number of nitrogens with zero attached hydrogens (tertiary/aromatic N) is 8. The molecule has 2 saturated heterocycles. The van der Waals surface area contributed by atoms with Crippen molar-refractivity contribution in [1.82, 2.24) is 34.5 Å². The van der Waals surface area contributed by atoms with Crippen molar-refractivity contribution in [3.8, 4) is 5.69 Å². The number of anilines is 1. The van der Waals surface area contributed by atoms with Crippen molar-refractivity contribution in [2.45, 2.75) is 44.1 Å². The van der Waals surface area contributed by atoms with Crippen molar-refractivity contribution in [1.29, 1.82) is 0 Å². The maximum Gasteiger partial charge on any atom is 0.401 e. The minimum Gasteiger partial charge on any atom is -0.355 e. The molecule has 0 aliphatic carbocycles. The first-order chi connectivity index (χ1) is 17.3. The van der Waals surface area contributed by atoms with Crippen LogP contribution >= 0.6 is 11.6 Å². The molecule has 8 nitrogen and oxygen atoms in total. The Balaban J connectivity index is 1.24. The number of aromatic nitrogens is 5. The molecule has 3 aliphatic heterocycles. The molecule has 2 aromatic heterocycles. The highest BCUT2D eigenvalue weighted by atomic mass is 35.5. The van der Waals surface area contributed by atoms with Crippen LogP contribution in [0.2, 0.25) is 5.02 Å². The number of rotatable bonds is 4. The summed E-state index contributed by atoms with van der Waals surface area (Å²) in [6, 6.07) is 5.85. The number of hydrogen-bond donors (Lipinski definition) is 0. The number of hydrogen-bond acceptors (Lipinski definition) is 7. The number of piperidine rings is 1. The molecule has 12 heteroatoms. The summed E-state index contributed by atoms with van der Waals surface area (Å²) in [4.78, 5) is 14.5. The third-order valence-electron chi connectivity index (χ3n) is 7.35. The third kappa shape index (κ3) is 4.67. The van der Waals surface area contributed by atoms with E-state index in [0.717, 1.165) is 54.6 Å².